The Bertz CT molecular complexity index is 1040. The summed E-state index contributed by atoms with van der Waals surface area (Å²) in [6.07, 6.45) is 2.80. The van der Waals surface area contributed by atoms with E-state index in [1.54, 1.807) is 0 Å². The first-order chi connectivity index (χ1) is 13.7. The van der Waals surface area contributed by atoms with Crippen molar-refractivity contribution in [3.05, 3.63) is 41.4 Å². The van der Waals surface area contributed by atoms with Crippen LogP contribution >= 0.6 is 11.6 Å². The number of imidazole rings is 1. The van der Waals surface area contributed by atoms with Crippen molar-refractivity contribution in [2.75, 3.05) is 18.1 Å². The standard InChI is InChI=1S/C21H28ClN5OSi/c1-21(2,3)29(4,5)28-13-12-26-14-23-17-18(26)24-20(22)25-19(17)27-11-10-15-8-6-7-9-16(15)27/h6-9,14H,10-13H2,1-5H3. The molecule has 3 aromatic rings. The Morgan fingerprint density at radius 3 is 2.69 bits per heavy atom. The lowest BCUT2D eigenvalue weighted by Gasteiger charge is -2.36. The van der Waals surface area contributed by atoms with Crippen molar-refractivity contribution in [2.45, 2.75) is 51.9 Å². The van der Waals surface area contributed by atoms with Gasteiger partial charge in [0.15, 0.2) is 25.3 Å². The van der Waals surface area contributed by atoms with Crippen molar-refractivity contribution in [3.8, 4) is 0 Å². The van der Waals surface area contributed by atoms with Crippen molar-refractivity contribution in [2.24, 2.45) is 0 Å². The lowest BCUT2D eigenvalue weighted by molar-refractivity contribution is 0.273. The average Bonchev–Trinajstić information content (AvgIpc) is 3.24. The SMILES string of the molecule is CC(C)(C)[Si](C)(C)OCCn1cnc2c(N3CCc4ccccc43)nc(Cl)nc21. The third-order valence-electron chi connectivity index (χ3n) is 6.16. The van der Waals surface area contributed by atoms with Gasteiger partial charge in [-0.05, 0) is 47.8 Å². The van der Waals surface area contributed by atoms with E-state index in [-0.39, 0.29) is 10.3 Å². The zero-order chi connectivity index (χ0) is 20.8. The maximum atomic E-state index is 6.33. The molecule has 1 aromatic carbocycles. The van der Waals surface area contributed by atoms with Crippen LogP contribution in [0.4, 0.5) is 11.5 Å². The van der Waals surface area contributed by atoms with Gasteiger partial charge < -0.3 is 13.9 Å². The van der Waals surface area contributed by atoms with Gasteiger partial charge in [0.1, 0.15) is 0 Å². The van der Waals surface area contributed by atoms with Crippen molar-refractivity contribution < 1.29 is 4.43 Å². The van der Waals surface area contributed by atoms with Crippen LogP contribution in [-0.4, -0.2) is 41.0 Å². The molecule has 0 aliphatic carbocycles. The molecular formula is C21H28ClN5OSi. The van der Waals surface area contributed by atoms with Crippen molar-refractivity contribution >= 4 is 42.6 Å². The number of hydrogen-bond donors (Lipinski definition) is 0. The smallest absolute Gasteiger partial charge is 0.226 e. The zero-order valence-corrected chi connectivity index (χ0v) is 19.5. The molecule has 0 spiro atoms. The summed E-state index contributed by atoms with van der Waals surface area (Å²) in [4.78, 5) is 15.8. The summed E-state index contributed by atoms with van der Waals surface area (Å²) in [7, 11) is -1.79. The van der Waals surface area contributed by atoms with Gasteiger partial charge in [0.05, 0.1) is 12.9 Å². The van der Waals surface area contributed by atoms with E-state index in [0.717, 1.165) is 29.9 Å². The summed E-state index contributed by atoms with van der Waals surface area (Å²) < 4.78 is 8.34. The molecule has 0 atom stereocenters. The second-order valence-electron chi connectivity index (χ2n) is 9.07. The third kappa shape index (κ3) is 3.79. The summed E-state index contributed by atoms with van der Waals surface area (Å²) in [6, 6.07) is 8.40. The van der Waals surface area contributed by atoms with Crippen molar-refractivity contribution in [3.63, 3.8) is 0 Å². The van der Waals surface area contributed by atoms with Crippen molar-refractivity contribution in [1.82, 2.24) is 19.5 Å². The number of nitrogens with zero attached hydrogens (tertiary/aromatic N) is 5. The van der Waals surface area contributed by atoms with E-state index in [2.05, 4.69) is 71.9 Å². The lowest BCUT2D eigenvalue weighted by Crippen LogP contribution is -2.41. The molecule has 3 heterocycles. The van der Waals surface area contributed by atoms with Crippen LogP contribution in [0.2, 0.25) is 23.4 Å². The van der Waals surface area contributed by atoms with Crippen LogP contribution in [0.25, 0.3) is 11.2 Å². The second kappa shape index (κ2) is 7.38. The van der Waals surface area contributed by atoms with E-state index >= 15 is 0 Å². The molecule has 0 N–H and O–H groups in total. The zero-order valence-electron chi connectivity index (χ0n) is 17.7. The Morgan fingerprint density at radius 2 is 1.93 bits per heavy atom. The molecule has 8 heteroatoms. The minimum absolute atomic E-state index is 0.186. The molecule has 0 radical (unpaired) electrons. The Labute approximate surface area is 178 Å². The molecule has 1 aliphatic heterocycles. The first-order valence-electron chi connectivity index (χ1n) is 10.1. The minimum atomic E-state index is -1.79. The number of para-hydroxylation sites is 1. The van der Waals surface area contributed by atoms with Crippen molar-refractivity contribution in [1.29, 1.82) is 0 Å². The summed E-state index contributed by atoms with van der Waals surface area (Å²) in [5.74, 6) is 0.772. The molecule has 1 aliphatic rings. The van der Waals surface area contributed by atoms with Crippen LogP contribution in [0.5, 0.6) is 0 Å². The van der Waals surface area contributed by atoms with Gasteiger partial charge in [-0.1, -0.05) is 39.0 Å². The Hall–Kier alpha value is -1.96. The normalized spacial score (nSPS) is 14.6. The van der Waals surface area contributed by atoms with Gasteiger partial charge in [-0.2, -0.15) is 9.97 Å². The van der Waals surface area contributed by atoms with Gasteiger partial charge in [0.25, 0.3) is 0 Å². The monoisotopic (exact) mass is 429 g/mol. The largest absolute Gasteiger partial charge is 0.415 e. The molecule has 6 nitrogen and oxygen atoms in total. The highest BCUT2D eigenvalue weighted by Crippen LogP contribution is 2.37. The van der Waals surface area contributed by atoms with E-state index in [1.165, 1.54) is 11.3 Å². The first-order valence-corrected chi connectivity index (χ1v) is 13.3. The fourth-order valence-corrected chi connectivity index (χ4v) is 4.62. The van der Waals surface area contributed by atoms with Gasteiger partial charge >= 0.3 is 0 Å². The molecule has 0 bridgehead atoms. The predicted molar refractivity (Wildman–Crippen MR) is 121 cm³/mol. The lowest BCUT2D eigenvalue weighted by atomic mass is 10.2. The quantitative estimate of drug-likeness (QED) is 0.412. The maximum absolute atomic E-state index is 6.33. The van der Waals surface area contributed by atoms with Crippen LogP contribution in [0.1, 0.15) is 26.3 Å². The molecule has 0 amide bonds. The second-order valence-corrected chi connectivity index (χ2v) is 14.2. The van der Waals surface area contributed by atoms with Gasteiger partial charge in [-0.15, -0.1) is 0 Å². The molecule has 0 saturated heterocycles. The number of aromatic nitrogens is 4. The van der Waals surface area contributed by atoms with Crippen LogP contribution in [0.15, 0.2) is 30.6 Å². The van der Waals surface area contributed by atoms with Gasteiger partial charge in [0, 0.05) is 18.8 Å². The number of hydrogen-bond acceptors (Lipinski definition) is 5. The van der Waals surface area contributed by atoms with Crippen LogP contribution in [-0.2, 0) is 17.4 Å². The number of benzene rings is 1. The molecule has 2 aromatic heterocycles. The van der Waals surface area contributed by atoms with E-state index in [1.807, 2.05) is 17.0 Å². The van der Waals surface area contributed by atoms with E-state index in [9.17, 15) is 0 Å². The fraction of sp³-hybridized carbons (Fsp3) is 0.476. The molecule has 29 heavy (non-hydrogen) atoms. The van der Waals surface area contributed by atoms with E-state index in [4.69, 9.17) is 16.0 Å². The van der Waals surface area contributed by atoms with Gasteiger partial charge in [-0.25, -0.2) is 4.98 Å². The fourth-order valence-electron chi connectivity index (χ4n) is 3.43. The highest BCUT2D eigenvalue weighted by atomic mass is 35.5. The number of fused-ring (bicyclic) bond motifs is 2. The van der Waals surface area contributed by atoms with Crippen LogP contribution in [0, 0.1) is 0 Å². The summed E-state index contributed by atoms with van der Waals surface area (Å²) in [5, 5.41) is 0.426. The molecule has 0 unspecified atom stereocenters. The third-order valence-corrected chi connectivity index (χ3v) is 10.9. The highest BCUT2D eigenvalue weighted by Gasteiger charge is 2.37. The van der Waals surface area contributed by atoms with Gasteiger partial charge in [-0.3, -0.25) is 0 Å². The van der Waals surface area contributed by atoms with Crippen LogP contribution < -0.4 is 4.90 Å². The minimum Gasteiger partial charge on any atom is -0.415 e. The molecule has 0 saturated carbocycles. The predicted octanol–water partition coefficient (Wildman–Crippen LogP) is 5.20. The Morgan fingerprint density at radius 1 is 1.17 bits per heavy atom. The van der Waals surface area contributed by atoms with E-state index < -0.39 is 8.32 Å². The highest BCUT2D eigenvalue weighted by molar-refractivity contribution is 6.74. The summed E-state index contributed by atoms with van der Waals surface area (Å²) >= 11 is 6.31. The number of anilines is 2. The topological polar surface area (TPSA) is 56.1 Å². The Balaban J connectivity index is 1.61. The molecule has 154 valence electrons. The summed E-state index contributed by atoms with van der Waals surface area (Å²) in [5.41, 5.74) is 4.01. The molecule has 4 rings (SSSR count). The average molecular weight is 430 g/mol. The maximum Gasteiger partial charge on any atom is 0.226 e. The molecular weight excluding hydrogens is 402 g/mol. The Kier molecular flexibility index (Phi) is 5.17. The van der Waals surface area contributed by atoms with Gasteiger partial charge in [0.2, 0.25) is 5.28 Å². The van der Waals surface area contributed by atoms with E-state index in [0.29, 0.717) is 13.2 Å². The first kappa shape index (κ1) is 20.3. The van der Waals surface area contributed by atoms with Crippen LogP contribution in [0.3, 0.4) is 0 Å². The summed E-state index contributed by atoms with van der Waals surface area (Å²) in [6.45, 7) is 13.5. The molecule has 0 fully saturated rings. The number of rotatable bonds is 5. The number of halogens is 1.